The smallest absolute Gasteiger partial charge is 0.224 e. The molecule has 0 atom stereocenters. The molecule has 0 radical (unpaired) electrons. The van der Waals surface area contributed by atoms with Crippen molar-refractivity contribution >= 4 is 5.91 Å². The molecule has 100 valence electrons. The molecule has 1 fully saturated rings. The zero-order valence-electron chi connectivity index (χ0n) is 11.5. The highest BCUT2D eigenvalue weighted by molar-refractivity contribution is 5.76. The summed E-state index contributed by atoms with van der Waals surface area (Å²) in [4.78, 5) is 16.4. The number of hydrogen-bond donors (Lipinski definition) is 1. The molecule has 1 aliphatic rings. The standard InChI is InChI=1S/C13H27N3O/c1-4-10-16(12-5-8-14-9-6-12)13(17)7-11-15(2)3/h12,14H,4-11H2,1-3H3. The second kappa shape index (κ2) is 7.67. The Labute approximate surface area is 105 Å². The molecule has 0 aromatic heterocycles. The third-order valence-electron chi connectivity index (χ3n) is 3.31. The van der Waals surface area contributed by atoms with Crippen LogP contribution in [0.15, 0.2) is 0 Å². The summed E-state index contributed by atoms with van der Waals surface area (Å²) in [6.07, 6.45) is 3.91. The zero-order valence-corrected chi connectivity index (χ0v) is 11.5. The fraction of sp³-hybridized carbons (Fsp3) is 0.923. The van der Waals surface area contributed by atoms with Crippen LogP contribution in [-0.4, -0.2) is 62.0 Å². The number of amides is 1. The molecular weight excluding hydrogens is 214 g/mol. The fourth-order valence-corrected chi connectivity index (χ4v) is 2.33. The van der Waals surface area contributed by atoms with Crippen LogP contribution < -0.4 is 5.32 Å². The van der Waals surface area contributed by atoms with Gasteiger partial charge in [0.1, 0.15) is 0 Å². The van der Waals surface area contributed by atoms with E-state index in [4.69, 9.17) is 0 Å². The maximum absolute atomic E-state index is 12.2. The van der Waals surface area contributed by atoms with Crippen LogP contribution in [0.4, 0.5) is 0 Å². The Hall–Kier alpha value is -0.610. The quantitative estimate of drug-likeness (QED) is 0.751. The lowest BCUT2D eigenvalue weighted by atomic mass is 10.0. The number of piperidine rings is 1. The first-order chi connectivity index (χ1) is 8.15. The van der Waals surface area contributed by atoms with Crippen molar-refractivity contribution in [3.05, 3.63) is 0 Å². The lowest BCUT2D eigenvalue weighted by molar-refractivity contribution is -0.134. The Morgan fingerprint density at radius 1 is 1.24 bits per heavy atom. The Kier molecular flexibility index (Phi) is 6.52. The van der Waals surface area contributed by atoms with Crippen LogP contribution in [0, 0.1) is 0 Å². The van der Waals surface area contributed by atoms with Gasteiger partial charge in [0.2, 0.25) is 5.91 Å². The van der Waals surface area contributed by atoms with Gasteiger partial charge in [0, 0.05) is 25.6 Å². The lowest BCUT2D eigenvalue weighted by Crippen LogP contribution is -2.47. The van der Waals surface area contributed by atoms with Gasteiger partial charge in [0.15, 0.2) is 0 Å². The third kappa shape index (κ3) is 5.04. The van der Waals surface area contributed by atoms with Crippen LogP contribution in [-0.2, 0) is 4.79 Å². The molecule has 1 aliphatic heterocycles. The lowest BCUT2D eigenvalue weighted by Gasteiger charge is -2.35. The van der Waals surface area contributed by atoms with Gasteiger partial charge in [0.05, 0.1) is 0 Å². The molecule has 1 heterocycles. The summed E-state index contributed by atoms with van der Waals surface area (Å²) in [6.45, 7) is 6.01. The predicted octanol–water partition coefficient (Wildman–Crippen LogP) is 0.929. The first-order valence-electron chi connectivity index (χ1n) is 6.80. The van der Waals surface area contributed by atoms with Gasteiger partial charge in [0.25, 0.3) is 0 Å². The Bertz CT molecular complexity index is 225. The summed E-state index contributed by atoms with van der Waals surface area (Å²) in [5, 5.41) is 3.35. The van der Waals surface area contributed by atoms with Gasteiger partial charge in [-0.15, -0.1) is 0 Å². The van der Waals surface area contributed by atoms with Gasteiger partial charge >= 0.3 is 0 Å². The summed E-state index contributed by atoms with van der Waals surface area (Å²) < 4.78 is 0. The number of nitrogens with zero attached hydrogens (tertiary/aromatic N) is 2. The Morgan fingerprint density at radius 2 is 1.88 bits per heavy atom. The van der Waals surface area contributed by atoms with Crippen molar-refractivity contribution in [2.24, 2.45) is 0 Å². The van der Waals surface area contributed by atoms with E-state index in [0.717, 1.165) is 45.4 Å². The molecular formula is C13H27N3O. The van der Waals surface area contributed by atoms with Gasteiger partial charge in [-0.05, 0) is 46.4 Å². The molecule has 4 nitrogen and oxygen atoms in total. The van der Waals surface area contributed by atoms with Crippen molar-refractivity contribution < 1.29 is 4.79 Å². The monoisotopic (exact) mass is 241 g/mol. The van der Waals surface area contributed by atoms with Crippen molar-refractivity contribution in [1.29, 1.82) is 0 Å². The van der Waals surface area contributed by atoms with E-state index in [9.17, 15) is 4.79 Å². The van der Waals surface area contributed by atoms with Gasteiger partial charge < -0.3 is 15.1 Å². The molecule has 0 bridgehead atoms. The number of hydrogen-bond acceptors (Lipinski definition) is 3. The highest BCUT2D eigenvalue weighted by Crippen LogP contribution is 2.13. The van der Waals surface area contributed by atoms with Crippen molar-refractivity contribution in [2.75, 3.05) is 40.3 Å². The van der Waals surface area contributed by atoms with E-state index in [1.807, 2.05) is 14.1 Å². The van der Waals surface area contributed by atoms with Crippen LogP contribution >= 0.6 is 0 Å². The molecule has 1 saturated heterocycles. The summed E-state index contributed by atoms with van der Waals surface area (Å²) in [6, 6.07) is 0.464. The van der Waals surface area contributed by atoms with Crippen molar-refractivity contribution in [1.82, 2.24) is 15.1 Å². The summed E-state index contributed by atoms with van der Waals surface area (Å²) in [7, 11) is 4.03. The van der Waals surface area contributed by atoms with Crippen LogP contribution in [0.25, 0.3) is 0 Å². The first-order valence-corrected chi connectivity index (χ1v) is 6.80. The molecule has 0 saturated carbocycles. The van der Waals surface area contributed by atoms with E-state index in [2.05, 4.69) is 22.0 Å². The molecule has 1 N–H and O–H groups in total. The topological polar surface area (TPSA) is 35.6 Å². The Morgan fingerprint density at radius 3 is 2.41 bits per heavy atom. The van der Waals surface area contributed by atoms with E-state index in [0.29, 0.717) is 18.4 Å². The second-order valence-electron chi connectivity index (χ2n) is 5.12. The molecule has 17 heavy (non-hydrogen) atoms. The van der Waals surface area contributed by atoms with E-state index in [1.165, 1.54) is 0 Å². The minimum Gasteiger partial charge on any atom is -0.340 e. The predicted molar refractivity (Wildman–Crippen MR) is 71.1 cm³/mol. The number of carbonyl (C=O) groups excluding carboxylic acids is 1. The first kappa shape index (κ1) is 14.5. The number of rotatable bonds is 6. The average molecular weight is 241 g/mol. The maximum atomic E-state index is 12.2. The van der Waals surface area contributed by atoms with Crippen LogP contribution in [0.2, 0.25) is 0 Å². The largest absolute Gasteiger partial charge is 0.340 e. The van der Waals surface area contributed by atoms with Crippen LogP contribution in [0.3, 0.4) is 0 Å². The van der Waals surface area contributed by atoms with Gasteiger partial charge in [-0.25, -0.2) is 0 Å². The highest BCUT2D eigenvalue weighted by atomic mass is 16.2. The fourth-order valence-electron chi connectivity index (χ4n) is 2.33. The van der Waals surface area contributed by atoms with Crippen molar-refractivity contribution in [3.63, 3.8) is 0 Å². The van der Waals surface area contributed by atoms with Crippen LogP contribution in [0.1, 0.15) is 32.6 Å². The van der Waals surface area contributed by atoms with Gasteiger partial charge in [-0.2, -0.15) is 0 Å². The summed E-state index contributed by atoms with van der Waals surface area (Å²) >= 11 is 0. The SMILES string of the molecule is CCCN(C(=O)CCN(C)C)C1CCNCC1. The van der Waals surface area contributed by atoms with Crippen molar-refractivity contribution in [3.8, 4) is 0 Å². The molecule has 0 aliphatic carbocycles. The molecule has 1 rings (SSSR count). The van der Waals surface area contributed by atoms with Gasteiger partial charge in [-0.1, -0.05) is 6.92 Å². The van der Waals surface area contributed by atoms with E-state index < -0.39 is 0 Å². The summed E-state index contributed by atoms with van der Waals surface area (Å²) in [5.41, 5.74) is 0. The van der Waals surface area contributed by atoms with E-state index in [-0.39, 0.29) is 0 Å². The van der Waals surface area contributed by atoms with E-state index >= 15 is 0 Å². The molecule has 4 heteroatoms. The second-order valence-corrected chi connectivity index (χ2v) is 5.12. The summed E-state index contributed by atoms with van der Waals surface area (Å²) in [5.74, 6) is 0.326. The maximum Gasteiger partial charge on any atom is 0.224 e. The molecule has 0 unspecified atom stereocenters. The molecule has 0 spiro atoms. The molecule has 0 aromatic rings. The minimum atomic E-state index is 0.326. The zero-order chi connectivity index (χ0) is 12.7. The molecule has 1 amide bonds. The normalized spacial score (nSPS) is 17.4. The van der Waals surface area contributed by atoms with Gasteiger partial charge in [-0.3, -0.25) is 4.79 Å². The van der Waals surface area contributed by atoms with Crippen molar-refractivity contribution in [2.45, 2.75) is 38.6 Å². The van der Waals surface area contributed by atoms with E-state index in [1.54, 1.807) is 0 Å². The Balaban J connectivity index is 2.47. The molecule has 0 aromatic carbocycles. The third-order valence-corrected chi connectivity index (χ3v) is 3.31. The highest BCUT2D eigenvalue weighted by Gasteiger charge is 2.24. The number of carbonyl (C=O) groups is 1. The average Bonchev–Trinajstić information content (AvgIpc) is 2.34. The van der Waals surface area contributed by atoms with Crippen LogP contribution in [0.5, 0.6) is 0 Å². The number of nitrogens with one attached hydrogen (secondary N) is 1. The minimum absolute atomic E-state index is 0.326.